The Morgan fingerprint density at radius 3 is 2.77 bits per heavy atom. The first-order valence-corrected chi connectivity index (χ1v) is 4.25. The lowest BCUT2D eigenvalue weighted by molar-refractivity contribution is 0.568. The molecule has 0 fully saturated rings. The van der Waals surface area contributed by atoms with E-state index < -0.39 is 0 Å². The number of nitrogens with zero attached hydrogens (tertiary/aromatic N) is 2. The molecule has 0 N–H and O–H groups in total. The van der Waals surface area contributed by atoms with Crippen LogP contribution in [0.4, 0.5) is 0 Å². The highest BCUT2D eigenvalue weighted by Gasteiger charge is 2.10. The van der Waals surface area contributed by atoms with E-state index in [1.807, 2.05) is 0 Å². The maximum absolute atomic E-state index is 5.92. The van der Waals surface area contributed by atoms with Gasteiger partial charge in [-0.2, -0.15) is 0 Å². The molecule has 13 heavy (non-hydrogen) atoms. The van der Waals surface area contributed by atoms with Gasteiger partial charge in [0.25, 0.3) is 0 Å². The van der Waals surface area contributed by atoms with Crippen LogP contribution in [0.2, 0.25) is 10.0 Å². The summed E-state index contributed by atoms with van der Waals surface area (Å²) in [6.45, 7) is 0. The summed E-state index contributed by atoms with van der Waals surface area (Å²) in [4.78, 5) is 0. The molecule has 0 spiro atoms. The summed E-state index contributed by atoms with van der Waals surface area (Å²) in [5, 5.41) is 8.17. The van der Waals surface area contributed by atoms with E-state index in [9.17, 15) is 0 Å². The molecule has 1 aromatic heterocycles. The number of aromatic nitrogens is 2. The molecule has 0 aliphatic heterocycles. The van der Waals surface area contributed by atoms with Crippen LogP contribution in [0.1, 0.15) is 0 Å². The molecule has 0 atom stereocenters. The third-order valence-electron chi connectivity index (χ3n) is 1.54. The van der Waals surface area contributed by atoms with Crippen LogP contribution in [0.25, 0.3) is 11.5 Å². The van der Waals surface area contributed by atoms with E-state index in [-0.39, 0.29) is 0 Å². The normalized spacial score (nSPS) is 10.3. The van der Waals surface area contributed by atoms with E-state index in [4.69, 9.17) is 27.6 Å². The third-order valence-corrected chi connectivity index (χ3v) is 2.36. The Morgan fingerprint density at radius 2 is 2.08 bits per heavy atom. The Kier molecular flexibility index (Phi) is 2.20. The van der Waals surface area contributed by atoms with Gasteiger partial charge in [-0.25, -0.2) is 0 Å². The smallest absolute Gasteiger partial charge is 0.248 e. The molecular weight excluding hydrogens is 211 g/mol. The van der Waals surface area contributed by atoms with E-state index in [1.54, 1.807) is 18.2 Å². The van der Waals surface area contributed by atoms with Crippen molar-refractivity contribution in [3.63, 3.8) is 0 Å². The summed E-state index contributed by atoms with van der Waals surface area (Å²) in [5.41, 5.74) is 0.645. The van der Waals surface area contributed by atoms with Crippen LogP contribution in [0.3, 0.4) is 0 Å². The van der Waals surface area contributed by atoms with E-state index in [1.165, 1.54) is 6.39 Å². The molecule has 0 aliphatic carbocycles. The summed E-state index contributed by atoms with van der Waals surface area (Å²) in [6.07, 6.45) is 1.24. The first-order valence-electron chi connectivity index (χ1n) is 3.49. The van der Waals surface area contributed by atoms with Crippen molar-refractivity contribution in [1.82, 2.24) is 10.2 Å². The minimum Gasteiger partial charge on any atom is -0.423 e. The summed E-state index contributed by atoms with van der Waals surface area (Å²) >= 11 is 11.7. The van der Waals surface area contributed by atoms with Gasteiger partial charge >= 0.3 is 0 Å². The fourth-order valence-corrected chi connectivity index (χ4v) is 1.34. The second-order valence-corrected chi connectivity index (χ2v) is 3.13. The Morgan fingerprint density at radius 1 is 1.23 bits per heavy atom. The van der Waals surface area contributed by atoms with Crippen LogP contribution in [0.15, 0.2) is 29.0 Å². The minimum atomic E-state index is 0.368. The second kappa shape index (κ2) is 3.36. The number of benzene rings is 1. The molecule has 2 rings (SSSR count). The molecule has 0 saturated heterocycles. The van der Waals surface area contributed by atoms with Gasteiger partial charge in [0.05, 0.1) is 15.6 Å². The van der Waals surface area contributed by atoms with Crippen LogP contribution in [0.5, 0.6) is 0 Å². The van der Waals surface area contributed by atoms with Crippen molar-refractivity contribution in [2.75, 3.05) is 0 Å². The zero-order valence-corrected chi connectivity index (χ0v) is 7.88. The summed E-state index contributed by atoms with van der Waals surface area (Å²) in [7, 11) is 0. The largest absolute Gasteiger partial charge is 0.423 e. The molecule has 2 aromatic rings. The maximum Gasteiger partial charge on any atom is 0.248 e. The van der Waals surface area contributed by atoms with Crippen LogP contribution in [0, 0.1) is 0 Å². The lowest BCUT2D eigenvalue weighted by Crippen LogP contribution is -1.80. The predicted molar refractivity (Wildman–Crippen MR) is 49.8 cm³/mol. The van der Waals surface area contributed by atoms with E-state index in [2.05, 4.69) is 10.2 Å². The molecule has 0 amide bonds. The quantitative estimate of drug-likeness (QED) is 0.733. The SMILES string of the molecule is Clc1cccc(-c2nnco2)c1Cl. The number of hydrogen-bond donors (Lipinski definition) is 0. The number of rotatable bonds is 1. The van der Waals surface area contributed by atoms with Gasteiger partial charge in [-0.1, -0.05) is 29.3 Å². The predicted octanol–water partition coefficient (Wildman–Crippen LogP) is 3.04. The van der Waals surface area contributed by atoms with E-state index in [0.29, 0.717) is 21.5 Å². The zero-order valence-electron chi connectivity index (χ0n) is 6.37. The second-order valence-electron chi connectivity index (χ2n) is 2.35. The number of hydrogen-bond acceptors (Lipinski definition) is 3. The van der Waals surface area contributed by atoms with Gasteiger partial charge in [0.1, 0.15) is 0 Å². The molecule has 3 nitrogen and oxygen atoms in total. The monoisotopic (exact) mass is 214 g/mol. The van der Waals surface area contributed by atoms with Crippen molar-refractivity contribution >= 4 is 23.2 Å². The molecule has 0 aliphatic rings. The van der Waals surface area contributed by atoms with Crippen molar-refractivity contribution in [1.29, 1.82) is 0 Å². The third kappa shape index (κ3) is 1.53. The highest BCUT2D eigenvalue weighted by Crippen LogP contribution is 2.31. The first kappa shape index (κ1) is 8.53. The average Bonchev–Trinajstić information content (AvgIpc) is 2.62. The first-order chi connectivity index (χ1) is 6.29. The van der Waals surface area contributed by atoms with Crippen LogP contribution in [-0.2, 0) is 0 Å². The summed E-state index contributed by atoms with van der Waals surface area (Å²) in [5.74, 6) is 0.368. The molecular formula is C8H4Cl2N2O. The Labute approximate surface area is 84.3 Å². The standard InChI is InChI=1S/C8H4Cl2N2O/c9-6-3-1-2-5(7(6)10)8-12-11-4-13-8/h1-4H. The van der Waals surface area contributed by atoms with E-state index >= 15 is 0 Å². The molecule has 0 bridgehead atoms. The van der Waals surface area contributed by atoms with Crippen LogP contribution < -0.4 is 0 Å². The fraction of sp³-hybridized carbons (Fsp3) is 0. The molecule has 5 heteroatoms. The summed E-state index contributed by atoms with van der Waals surface area (Å²) in [6, 6.07) is 5.24. The fourth-order valence-electron chi connectivity index (χ4n) is 0.959. The van der Waals surface area contributed by atoms with Crippen LogP contribution >= 0.6 is 23.2 Å². The lowest BCUT2D eigenvalue weighted by Gasteiger charge is -1.99. The minimum absolute atomic E-state index is 0.368. The molecule has 0 unspecified atom stereocenters. The maximum atomic E-state index is 5.92. The molecule has 1 aromatic carbocycles. The van der Waals surface area contributed by atoms with Gasteiger partial charge in [0.15, 0.2) is 0 Å². The molecule has 0 radical (unpaired) electrons. The van der Waals surface area contributed by atoms with Gasteiger partial charge in [-0.15, -0.1) is 10.2 Å². The van der Waals surface area contributed by atoms with Crippen molar-refractivity contribution in [3.8, 4) is 11.5 Å². The average molecular weight is 215 g/mol. The van der Waals surface area contributed by atoms with Gasteiger partial charge in [0, 0.05) is 0 Å². The molecule has 66 valence electrons. The Balaban J connectivity index is 2.59. The van der Waals surface area contributed by atoms with Crippen LogP contribution in [-0.4, -0.2) is 10.2 Å². The van der Waals surface area contributed by atoms with Crippen molar-refractivity contribution in [2.45, 2.75) is 0 Å². The molecule has 1 heterocycles. The van der Waals surface area contributed by atoms with Gasteiger partial charge in [0.2, 0.25) is 12.3 Å². The number of halogens is 2. The van der Waals surface area contributed by atoms with E-state index in [0.717, 1.165) is 0 Å². The zero-order chi connectivity index (χ0) is 9.26. The van der Waals surface area contributed by atoms with Crippen molar-refractivity contribution in [2.24, 2.45) is 0 Å². The lowest BCUT2D eigenvalue weighted by atomic mass is 10.2. The Bertz CT molecular complexity index is 414. The Hall–Kier alpha value is -1.06. The highest BCUT2D eigenvalue weighted by molar-refractivity contribution is 6.43. The van der Waals surface area contributed by atoms with Gasteiger partial charge in [-0.3, -0.25) is 0 Å². The van der Waals surface area contributed by atoms with Gasteiger partial charge in [-0.05, 0) is 12.1 Å². The molecule has 0 saturated carbocycles. The highest BCUT2D eigenvalue weighted by atomic mass is 35.5. The summed E-state index contributed by atoms with van der Waals surface area (Å²) < 4.78 is 4.99. The van der Waals surface area contributed by atoms with Gasteiger partial charge < -0.3 is 4.42 Å². The topological polar surface area (TPSA) is 38.9 Å². The van der Waals surface area contributed by atoms with Crippen molar-refractivity contribution < 1.29 is 4.42 Å². The van der Waals surface area contributed by atoms with Crippen molar-refractivity contribution in [3.05, 3.63) is 34.6 Å².